The second-order valence-corrected chi connectivity index (χ2v) is 5.62. The highest BCUT2D eigenvalue weighted by Gasteiger charge is 2.16. The van der Waals surface area contributed by atoms with Crippen LogP contribution in [0.15, 0.2) is 30.5 Å². The minimum Gasteiger partial charge on any atom is -0.489 e. The Hall–Kier alpha value is -2.37. The maximum absolute atomic E-state index is 5.81. The summed E-state index contributed by atoms with van der Waals surface area (Å²) in [5.74, 6) is 2.17. The summed E-state index contributed by atoms with van der Waals surface area (Å²) in [6, 6.07) is 7.83. The van der Waals surface area contributed by atoms with Crippen LogP contribution in [0.5, 0.6) is 5.75 Å². The van der Waals surface area contributed by atoms with Crippen LogP contribution in [-0.2, 0) is 0 Å². The molecular formula is C16H21N5O. The summed E-state index contributed by atoms with van der Waals surface area (Å²) in [5.41, 5.74) is 0.879. The number of hydrogen-bond donors (Lipinski definition) is 1. The van der Waals surface area contributed by atoms with E-state index >= 15 is 0 Å². The van der Waals surface area contributed by atoms with E-state index in [1.807, 2.05) is 38.1 Å². The molecule has 0 radical (unpaired) electrons. The molecule has 1 aliphatic rings. The van der Waals surface area contributed by atoms with Gasteiger partial charge in [-0.05, 0) is 38.8 Å². The lowest BCUT2D eigenvalue weighted by molar-refractivity contribution is 0.244. The summed E-state index contributed by atoms with van der Waals surface area (Å²) >= 11 is 0. The van der Waals surface area contributed by atoms with Gasteiger partial charge < -0.3 is 15.0 Å². The van der Waals surface area contributed by atoms with Gasteiger partial charge in [0.05, 0.1) is 18.0 Å². The third-order valence-electron chi connectivity index (χ3n) is 3.45. The summed E-state index contributed by atoms with van der Waals surface area (Å²) in [6.07, 6.45) is 4.12. The molecule has 1 fully saturated rings. The first-order valence-electron chi connectivity index (χ1n) is 7.70. The van der Waals surface area contributed by atoms with Gasteiger partial charge in [-0.2, -0.15) is 10.1 Å². The maximum Gasteiger partial charge on any atom is 0.247 e. The number of benzene rings is 1. The van der Waals surface area contributed by atoms with Crippen molar-refractivity contribution < 1.29 is 4.74 Å². The third kappa shape index (κ3) is 3.44. The van der Waals surface area contributed by atoms with Crippen molar-refractivity contribution in [2.45, 2.75) is 32.8 Å². The summed E-state index contributed by atoms with van der Waals surface area (Å²) in [6.45, 7) is 6.01. The Morgan fingerprint density at radius 3 is 2.73 bits per heavy atom. The van der Waals surface area contributed by atoms with E-state index in [2.05, 4.69) is 25.4 Å². The van der Waals surface area contributed by atoms with Crippen LogP contribution in [-0.4, -0.2) is 34.4 Å². The molecule has 1 N–H and O–H groups in total. The third-order valence-corrected chi connectivity index (χ3v) is 3.45. The van der Waals surface area contributed by atoms with E-state index in [1.54, 1.807) is 6.20 Å². The number of hydrogen-bond acceptors (Lipinski definition) is 6. The topological polar surface area (TPSA) is 63.2 Å². The average Bonchev–Trinajstić information content (AvgIpc) is 3.03. The molecule has 3 rings (SSSR count). The zero-order valence-electron chi connectivity index (χ0n) is 13.0. The summed E-state index contributed by atoms with van der Waals surface area (Å²) in [5, 5.41) is 11.5. The number of para-hydroxylation sites is 2. The minimum absolute atomic E-state index is 0.117. The van der Waals surface area contributed by atoms with Crippen molar-refractivity contribution in [2.24, 2.45) is 0 Å². The van der Waals surface area contributed by atoms with Crippen molar-refractivity contribution >= 4 is 17.5 Å². The number of nitrogens with zero attached hydrogens (tertiary/aromatic N) is 4. The maximum atomic E-state index is 5.81. The van der Waals surface area contributed by atoms with E-state index in [-0.39, 0.29) is 6.10 Å². The minimum atomic E-state index is 0.117. The Bertz CT molecular complexity index is 625. The van der Waals surface area contributed by atoms with Gasteiger partial charge in [-0.25, -0.2) is 0 Å². The Morgan fingerprint density at radius 2 is 1.95 bits per heavy atom. The van der Waals surface area contributed by atoms with Crippen molar-refractivity contribution in [3.63, 3.8) is 0 Å². The zero-order valence-corrected chi connectivity index (χ0v) is 13.0. The molecule has 0 amide bonds. The van der Waals surface area contributed by atoms with Gasteiger partial charge in [-0.3, -0.25) is 0 Å². The molecule has 22 heavy (non-hydrogen) atoms. The van der Waals surface area contributed by atoms with Gasteiger partial charge in [0.1, 0.15) is 5.75 Å². The zero-order chi connectivity index (χ0) is 15.4. The van der Waals surface area contributed by atoms with E-state index in [4.69, 9.17) is 4.74 Å². The standard InChI is InChI=1S/C16H21N5O/c1-12(2)22-14-8-4-3-7-13(14)18-15-11-17-20-16(19-15)21-9-5-6-10-21/h3-4,7-8,11-12H,5-6,9-10H2,1-2H3,(H,18,19,20). The fourth-order valence-electron chi connectivity index (χ4n) is 2.47. The number of nitrogens with one attached hydrogen (secondary N) is 1. The molecule has 1 aromatic carbocycles. The van der Waals surface area contributed by atoms with Crippen molar-refractivity contribution in [3.05, 3.63) is 30.5 Å². The lowest BCUT2D eigenvalue weighted by atomic mass is 10.3. The summed E-state index contributed by atoms with van der Waals surface area (Å²) in [7, 11) is 0. The van der Waals surface area contributed by atoms with Crippen LogP contribution in [0.4, 0.5) is 17.5 Å². The van der Waals surface area contributed by atoms with Crippen LogP contribution in [0.3, 0.4) is 0 Å². The van der Waals surface area contributed by atoms with Gasteiger partial charge in [-0.1, -0.05) is 12.1 Å². The number of rotatable bonds is 5. The van der Waals surface area contributed by atoms with Gasteiger partial charge in [0.2, 0.25) is 5.95 Å². The Morgan fingerprint density at radius 1 is 1.18 bits per heavy atom. The highest BCUT2D eigenvalue weighted by Crippen LogP contribution is 2.27. The predicted molar refractivity (Wildman–Crippen MR) is 86.8 cm³/mol. The molecule has 0 atom stereocenters. The molecule has 0 unspecified atom stereocenters. The molecule has 1 aromatic heterocycles. The molecule has 0 spiro atoms. The average molecular weight is 299 g/mol. The molecular weight excluding hydrogens is 278 g/mol. The van der Waals surface area contributed by atoms with E-state index in [0.717, 1.165) is 24.5 Å². The van der Waals surface area contributed by atoms with Crippen LogP contribution in [0.25, 0.3) is 0 Å². The second kappa shape index (κ2) is 6.60. The van der Waals surface area contributed by atoms with Gasteiger partial charge in [0, 0.05) is 13.1 Å². The first-order chi connectivity index (χ1) is 10.7. The first kappa shape index (κ1) is 14.6. The lowest BCUT2D eigenvalue weighted by Crippen LogP contribution is -2.21. The first-order valence-corrected chi connectivity index (χ1v) is 7.70. The van der Waals surface area contributed by atoms with Gasteiger partial charge in [0.15, 0.2) is 5.82 Å². The van der Waals surface area contributed by atoms with Crippen LogP contribution in [0.1, 0.15) is 26.7 Å². The van der Waals surface area contributed by atoms with Gasteiger partial charge >= 0.3 is 0 Å². The SMILES string of the molecule is CC(C)Oc1ccccc1Nc1cnnc(N2CCCC2)n1. The normalized spacial score (nSPS) is 14.4. The molecule has 1 saturated heterocycles. The Labute approximate surface area is 130 Å². The fraction of sp³-hybridized carbons (Fsp3) is 0.438. The summed E-state index contributed by atoms with van der Waals surface area (Å²) < 4.78 is 5.81. The Balaban J connectivity index is 1.79. The smallest absolute Gasteiger partial charge is 0.247 e. The predicted octanol–water partition coefficient (Wildman–Crippen LogP) is 3.00. The number of ether oxygens (including phenoxy) is 1. The van der Waals surface area contributed by atoms with Crippen molar-refractivity contribution in [3.8, 4) is 5.75 Å². The molecule has 6 nitrogen and oxygen atoms in total. The van der Waals surface area contributed by atoms with Crippen molar-refractivity contribution in [1.82, 2.24) is 15.2 Å². The molecule has 0 saturated carbocycles. The second-order valence-electron chi connectivity index (χ2n) is 5.62. The monoisotopic (exact) mass is 299 g/mol. The van der Waals surface area contributed by atoms with Crippen molar-refractivity contribution in [1.29, 1.82) is 0 Å². The summed E-state index contributed by atoms with van der Waals surface area (Å²) in [4.78, 5) is 6.72. The van der Waals surface area contributed by atoms with E-state index in [9.17, 15) is 0 Å². The quantitative estimate of drug-likeness (QED) is 0.915. The van der Waals surface area contributed by atoms with Gasteiger partial charge in [0.25, 0.3) is 0 Å². The lowest BCUT2D eigenvalue weighted by Gasteiger charge is -2.17. The van der Waals surface area contributed by atoms with Gasteiger partial charge in [-0.15, -0.1) is 5.10 Å². The van der Waals surface area contributed by atoms with Crippen LogP contribution in [0.2, 0.25) is 0 Å². The number of aromatic nitrogens is 3. The highest BCUT2D eigenvalue weighted by atomic mass is 16.5. The molecule has 116 valence electrons. The highest BCUT2D eigenvalue weighted by molar-refractivity contribution is 5.64. The largest absolute Gasteiger partial charge is 0.489 e. The molecule has 0 bridgehead atoms. The molecule has 0 aliphatic carbocycles. The van der Waals surface area contributed by atoms with E-state index < -0.39 is 0 Å². The van der Waals surface area contributed by atoms with E-state index in [0.29, 0.717) is 11.8 Å². The number of anilines is 3. The molecule has 2 heterocycles. The van der Waals surface area contributed by atoms with Crippen LogP contribution in [0, 0.1) is 0 Å². The van der Waals surface area contributed by atoms with E-state index in [1.165, 1.54) is 12.8 Å². The molecule has 2 aromatic rings. The van der Waals surface area contributed by atoms with Crippen molar-refractivity contribution in [2.75, 3.05) is 23.3 Å². The molecule has 1 aliphatic heterocycles. The fourth-order valence-corrected chi connectivity index (χ4v) is 2.47. The van der Waals surface area contributed by atoms with Crippen LogP contribution < -0.4 is 15.0 Å². The molecule has 6 heteroatoms. The Kier molecular flexibility index (Phi) is 4.37. The van der Waals surface area contributed by atoms with Crippen LogP contribution >= 0.6 is 0 Å².